The number of nitro groups is 1. The minimum Gasteiger partial charge on any atom is -0.340 e. The Kier molecular flexibility index (Phi) is 3.93. The minimum absolute atomic E-state index is 0.103. The molecule has 0 fully saturated rings. The zero-order valence-electron chi connectivity index (χ0n) is 11.7. The van der Waals surface area contributed by atoms with Crippen molar-refractivity contribution in [2.45, 2.75) is 20.4 Å². The van der Waals surface area contributed by atoms with E-state index in [1.165, 1.54) is 29.1 Å². The Morgan fingerprint density at radius 1 is 1.25 bits per heavy atom. The largest absolute Gasteiger partial charge is 0.340 e. The molecule has 0 saturated heterocycles. The van der Waals surface area contributed by atoms with Crippen molar-refractivity contribution >= 4 is 11.6 Å². The van der Waals surface area contributed by atoms with E-state index < -0.39 is 4.92 Å². The minimum atomic E-state index is -0.506. The van der Waals surface area contributed by atoms with Gasteiger partial charge in [0.15, 0.2) is 0 Å². The third kappa shape index (κ3) is 3.09. The molecule has 1 aromatic carbocycles. The lowest BCUT2D eigenvalue weighted by atomic mass is 10.1. The molecule has 6 heteroatoms. The Bertz CT molecular complexity index is 626. The number of hydrogen-bond acceptors (Lipinski definition) is 5. The second-order valence-electron chi connectivity index (χ2n) is 4.78. The quantitative estimate of drug-likeness (QED) is 0.632. The Balaban J connectivity index is 2.15. The van der Waals surface area contributed by atoms with E-state index in [0.717, 1.165) is 0 Å². The molecule has 0 N–H and O–H groups in total. The van der Waals surface area contributed by atoms with Gasteiger partial charge >= 0.3 is 5.69 Å². The van der Waals surface area contributed by atoms with Gasteiger partial charge in [-0.25, -0.2) is 9.97 Å². The standard InChI is InChI=1S/C14H16N4O2/c1-10-4-5-12(11(2)6-10)9-17(3)14-15-7-13(8-16-14)18(19)20/h4-8H,9H2,1-3H3. The van der Waals surface area contributed by atoms with Gasteiger partial charge < -0.3 is 4.90 Å². The summed E-state index contributed by atoms with van der Waals surface area (Å²) in [7, 11) is 1.86. The Morgan fingerprint density at radius 3 is 2.45 bits per heavy atom. The molecule has 0 unspecified atom stereocenters. The van der Waals surface area contributed by atoms with Crippen LogP contribution in [0.1, 0.15) is 16.7 Å². The summed E-state index contributed by atoms with van der Waals surface area (Å²) in [5.74, 6) is 0.468. The molecule has 0 saturated carbocycles. The van der Waals surface area contributed by atoms with E-state index in [1.807, 2.05) is 11.9 Å². The maximum atomic E-state index is 10.6. The number of aryl methyl sites for hydroxylation is 2. The summed E-state index contributed by atoms with van der Waals surface area (Å²) in [5.41, 5.74) is 3.51. The average Bonchev–Trinajstić information content (AvgIpc) is 2.42. The summed E-state index contributed by atoms with van der Waals surface area (Å²) in [6.07, 6.45) is 2.45. The van der Waals surface area contributed by atoms with Crippen LogP contribution in [0.3, 0.4) is 0 Å². The number of anilines is 1. The van der Waals surface area contributed by atoms with Gasteiger partial charge in [0.1, 0.15) is 12.4 Å². The van der Waals surface area contributed by atoms with Gasteiger partial charge in [-0.1, -0.05) is 23.8 Å². The monoisotopic (exact) mass is 272 g/mol. The van der Waals surface area contributed by atoms with Crippen molar-refractivity contribution in [1.29, 1.82) is 0 Å². The second kappa shape index (κ2) is 5.64. The normalized spacial score (nSPS) is 10.3. The van der Waals surface area contributed by atoms with Gasteiger partial charge in [0.2, 0.25) is 5.95 Å². The third-order valence-corrected chi connectivity index (χ3v) is 3.08. The van der Waals surface area contributed by atoms with Crippen LogP contribution in [0.2, 0.25) is 0 Å². The van der Waals surface area contributed by atoms with Crippen LogP contribution in [0.15, 0.2) is 30.6 Å². The first-order valence-corrected chi connectivity index (χ1v) is 6.21. The van der Waals surface area contributed by atoms with E-state index in [2.05, 4.69) is 42.0 Å². The van der Waals surface area contributed by atoms with Crippen LogP contribution in [0.4, 0.5) is 11.6 Å². The molecule has 2 rings (SSSR count). The first kappa shape index (κ1) is 13.9. The lowest BCUT2D eigenvalue weighted by Gasteiger charge is -2.18. The highest BCUT2D eigenvalue weighted by Gasteiger charge is 2.10. The van der Waals surface area contributed by atoms with Crippen molar-refractivity contribution in [3.8, 4) is 0 Å². The molecule has 104 valence electrons. The maximum Gasteiger partial charge on any atom is 0.305 e. The van der Waals surface area contributed by atoms with Crippen LogP contribution in [0, 0.1) is 24.0 Å². The van der Waals surface area contributed by atoms with Crippen molar-refractivity contribution in [3.63, 3.8) is 0 Å². The predicted octanol–water partition coefficient (Wildman–Crippen LogP) is 2.64. The first-order chi connectivity index (χ1) is 9.47. The Hall–Kier alpha value is -2.50. The van der Waals surface area contributed by atoms with Crippen molar-refractivity contribution < 1.29 is 4.92 Å². The smallest absolute Gasteiger partial charge is 0.305 e. The summed E-state index contributed by atoms with van der Waals surface area (Å²) in [6, 6.07) is 6.26. The molecule has 0 amide bonds. The van der Waals surface area contributed by atoms with Crippen LogP contribution in [0.25, 0.3) is 0 Å². The summed E-state index contributed by atoms with van der Waals surface area (Å²) >= 11 is 0. The summed E-state index contributed by atoms with van der Waals surface area (Å²) < 4.78 is 0. The zero-order valence-corrected chi connectivity index (χ0v) is 11.7. The topological polar surface area (TPSA) is 72.2 Å². The molecule has 6 nitrogen and oxygen atoms in total. The van der Waals surface area contributed by atoms with Crippen LogP contribution < -0.4 is 4.90 Å². The van der Waals surface area contributed by atoms with E-state index in [9.17, 15) is 10.1 Å². The zero-order chi connectivity index (χ0) is 14.7. The molecule has 2 aromatic rings. The van der Waals surface area contributed by atoms with Gasteiger partial charge in [0.25, 0.3) is 0 Å². The summed E-state index contributed by atoms with van der Waals surface area (Å²) in [6.45, 7) is 4.77. The van der Waals surface area contributed by atoms with Crippen molar-refractivity contribution in [1.82, 2.24) is 9.97 Å². The molecule has 0 atom stereocenters. The highest BCUT2D eigenvalue weighted by atomic mass is 16.6. The Labute approximate surface area is 117 Å². The van der Waals surface area contributed by atoms with Crippen LogP contribution in [0.5, 0.6) is 0 Å². The average molecular weight is 272 g/mol. The van der Waals surface area contributed by atoms with E-state index in [4.69, 9.17) is 0 Å². The molecule has 0 radical (unpaired) electrons. The van der Waals surface area contributed by atoms with Crippen LogP contribution in [-0.4, -0.2) is 21.9 Å². The number of benzene rings is 1. The third-order valence-electron chi connectivity index (χ3n) is 3.08. The Morgan fingerprint density at radius 2 is 1.90 bits per heavy atom. The number of rotatable bonds is 4. The van der Waals surface area contributed by atoms with E-state index in [1.54, 1.807) is 0 Å². The molecule has 20 heavy (non-hydrogen) atoms. The molecular formula is C14H16N4O2. The van der Waals surface area contributed by atoms with Gasteiger partial charge in [-0.2, -0.15) is 0 Å². The molecule has 0 aliphatic carbocycles. The lowest BCUT2D eigenvalue weighted by Crippen LogP contribution is -2.19. The SMILES string of the molecule is Cc1ccc(CN(C)c2ncc([N+](=O)[O-])cn2)c(C)c1. The summed E-state index contributed by atoms with van der Waals surface area (Å²) in [4.78, 5) is 20.0. The fourth-order valence-corrected chi connectivity index (χ4v) is 1.96. The van der Waals surface area contributed by atoms with Gasteiger partial charge in [-0.05, 0) is 25.0 Å². The fraction of sp³-hybridized carbons (Fsp3) is 0.286. The highest BCUT2D eigenvalue weighted by molar-refractivity contribution is 5.37. The van der Waals surface area contributed by atoms with E-state index >= 15 is 0 Å². The van der Waals surface area contributed by atoms with Gasteiger partial charge in [-0.15, -0.1) is 0 Å². The number of nitrogens with zero attached hydrogens (tertiary/aromatic N) is 4. The number of hydrogen-bond donors (Lipinski definition) is 0. The molecule has 0 bridgehead atoms. The van der Waals surface area contributed by atoms with Crippen molar-refractivity contribution in [2.75, 3.05) is 11.9 Å². The van der Waals surface area contributed by atoms with Gasteiger partial charge in [0.05, 0.1) is 4.92 Å². The number of aromatic nitrogens is 2. The van der Waals surface area contributed by atoms with Crippen LogP contribution in [-0.2, 0) is 6.54 Å². The van der Waals surface area contributed by atoms with Gasteiger partial charge in [0, 0.05) is 13.6 Å². The predicted molar refractivity (Wildman–Crippen MR) is 76.7 cm³/mol. The van der Waals surface area contributed by atoms with Crippen molar-refractivity contribution in [3.05, 3.63) is 57.4 Å². The molecule has 1 heterocycles. The van der Waals surface area contributed by atoms with Gasteiger partial charge in [-0.3, -0.25) is 10.1 Å². The van der Waals surface area contributed by atoms with E-state index in [0.29, 0.717) is 12.5 Å². The first-order valence-electron chi connectivity index (χ1n) is 6.21. The molecular weight excluding hydrogens is 256 g/mol. The molecule has 0 spiro atoms. The van der Waals surface area contributed by atoms with Crippen molar-refractivity contribution in [2.24, 2.45) is 0 Å². The highest BCUT2D eigenvalue weighted by Crippen LogP contribution is 2.16. The molecule has 1 aromatic heterocycles. The second-order valence-corrected chi connectivity index (χ2v) is 4.78. The maximum absolute atomic E-state index is 10.6. The fourth-order valence-electron chi connectivity index (χ4n) is 1.96. The lowest BCUT2D eigenvalue weighted by molar-refractivity contribution is -0.385. The van der Waals surface area contributed by atoms with E-state index in [-0.39, 0.29) is 5.69 Å². The molecule has 0 aliphatic heterocycles. The van der Waals surface area contributed by atoms with Crippen LogP contribution >= 0.6 is 0 Å². The summed E-state index contributed by atoms with van der Waals surface area (Å²) in [5, 5.41) is 10.6. The molecule has 0 aliphatic rings.